The fourth-order valence-corrected chi connectivity index (χ4v) is 3.57. The molecule has 0 unspecified atom stereocenters. The van der Waals surface area contributed by atoms with Gasteiger partial charge in [-0.3, -0.25) is 34.1 Å². The van der Waals surface area contributed by atoms with Gasteiger partial charge in [0.1, 0.15) is 6.04 Å². The second-order valence-electron chi connectivity index (χ2n) is 11.6. The van der Waals surface area contributed by atoms with Crippen LogP contribution in [0.1, 0.15) is 70.8 Å². The van der Waals surface area contributed by atoms with Crippen molar-refractivity contribution >= 4 is 52.3 Å². The Morgan fingerprint density at radius 1 is 0.867 bits per heavy atom. The van der Waals surface area contributed by atoms with E-state index < -0.39 is 42.0 Å². The zero-order valence-electron chi connectivity index (χ0n) is 27.2. The largest absolute Gasteiger partial charge is 0.347 e. The molecule has 0 spiro atoms. The number of nitrogens with one attached hydrogen (secondary N) is 4. The van der Waals surface area contributed by atoms with E-state index in [-0.39, 0.29) is 13.1 Å². The van der Waals surface area contributed by atoms with E-state index in [1.54, 1.807) is 54.6 Å². The molecule has 0 fully saturated rings. The van der Waals surface area contributed by atoms with Crippen LogP contribution in [0.15, 0.2) is 65.7 Å². The number of nitrogens with two attached hydrogens (primary N) is 1. The van der Waals surface area contributed by atoms with Crippen molar-refractivity contribution in [3.8, 4) is 0 Å². The highest BCUT2D eigenvalue weighted by atomic mass is 32.2. The summed E-state index contributed by atoms with van der Waals surface area (Å²) in [5.41, 5.74) is 2.30. The molecule has 45 heavy (non-hydrogen) atoms. The molecule has 0 aliphatic rings. The Balaban J connectivity index is 0.00000113. The molecule has 1 heterocycles. The number of carbonyl (C=O) groups is 5. The van der Waals surface area contributed by atoms with Crippen molar-refractivity contribution in [1.29, 1.82) is 0 Å². The first-order valence-electron chi connectivity index (χ1n) is 14.7. The molecule has 3 rings (SSSR count). The number of pyridine rings is 1. The predicted molar refractivity (Wildman–Crippen MR) is 179 cm³/mol. The molecule has 4 amide bonds. The second kappa shape index (κ2) is 19.9. The Bertz CT molecular complexity index is 1410. The molecule has 1 atom stereocenters. The fourth-order valence-electron chi connectivity index (χ4n) is 3.28. The minimum absolute atomic E-state index is 0.140. The van der Waals surface area contributed by atoms with Gasteiger partial charge in [0, 0.05) is 23.0 Å². The molecule has 0 saturated heterocycles. The number of Topliss-reactive ketones (excluding diaryl/α,β-unsaturated/α-hetero) is 1. The normalized spacial score (nSPS) is 11.0. The van der Waals surface area contributed by atoms with E-state index >= 15 is 0 Å². The molecule has 0 aliphatic carbocycles. The zero-order valence-corrected chi connectivity index (χ0v) is 28.0. The standard InChI is InChI=1S/C25H26N6O5S.C5H12.C3H8/c1-15(23(34)29-13-21(32)25(36)28-12-16-6-8-17(37-26)9-7-16)31-22(33)14-30-24(35)19-10-11-27-20-5-3-2-4-18(19)20;1-5(2,3)4;1-3-2/h2-11,15H,12-14,26H2,1H3,(H,28,36)(H,29,34)(H,30,35)(H,31,33);1-4H3;3H2,1-2H3/t15-;;/m0../s1. The average Bonchev–Trinajstić information content (AvgIpc) is 3.00. The highest BCUT2D eigenvalue weighted by Crippen LogP contribution is 2.16. The van der Waals surface area contributed by atoms with Gasteiger partial charge >= 0.3 is 0 Å². The van der Waals surface area contributed by atoms with Crippen LogP contribution in [0.3, 0.4) is 0 Å². The van der Waals surface area contributed by atoms with Gasteiger partial charge in [0.2, 0.25) is 17.6 Å². The molecule has 11 nitrogen and oxygen atoms in total. The number of benzene rings is 2. The van der Waals surface area contributed by atoms with Gasteiger partial charge in [0.15, 0.2) is 0 Å². The lowest BCUT2D eigenvalue weighted by atomic mass is 10.0. The van der Waals surface area contributed by atoms with Crippen molar-refractivity contribution in [2.24, 2.45) is 10.6 Å². The summed E-state index contributed by atoms with van der Waals surface area (Å²) in [5.74, 6) is -3.40. The van der Waals surface area contributed by atoms with E-state index in [0.717, 1.165) is 22.4 Å². The molecule has 2 aromatic carbocycles. The Morgan fingerprint density at radius 2 is 1.47 bits per heavy atom. The van der Waals surface area contributed by atoms with Gasteiger partial charge in [0.05, 0.1) is 24.2 Å². The van der Waals surface area contributed by atoms with Crippen LogP contribution in [0.2, 0.25) is 0 Å². The molecule has 3 aromatic rings. The number of para-hydroxylation sites is 1. The lowest BCUT2D eigenvalue weighted by Crippen LogP contribution is -2.49. The fraction of sp³-hybridized carbons (Fsp3) is 0.394. The van der Waals surface area contributed by atoms with Gasteiger partial charge < -0.3 is 21.3 Å². The number of nitrogens with zero attached hydrogens (tertiary/aromatic N) is 1. The lowest BCUT2D eigenvalue weighted by Gasteiger charge is -2.14. The SMILES string of the molecule is CC(C)(C)C.CCC.C[C@H](NC(=O)CNC(=O)c1ccnc2ccccc12)C(=O)NCC(=O)C(=O)NCc1ccc(SN)cc1. The summed E-state index contributed by atoms with van der Waals surface area (Å²) in [6.07, 6.45) is 2.75. The summed E-state index contributed by atoms with van der Waals surface area (Å²) in [6, 6.07) is 14.8. The Labute approximate surface area is 270 Å². The minimum Gasteiger partial charge on any atom is -0.347 e. The van der Waals surface area contributed by atoms with Gasteiger partial charge in [0.25, 0.3) is 11.8 Å². The van der Waals surface area contributed by atoms with Gasteiger partial charge in [-0.2, -0.15) is 0 Å². The summed E-state index contributed by atoms with van der Waals surface area (Å²) in [5, 5.41) is 15.8. The monoisotopic (exact) mass is 638 g/mol. The van der Waals surface area contributed by atoms with Gasteiger partial charge in [-0.15, -0.1) is 0 Å². The first-order chi connectivity index (χ1) is 21.2. The molecular formula is C33H46N6O5S. The second-order valence-corrected chi connectivity index (χ2v) is 12.3. The number of rotatable bonds is 11. The first-order valence-corrected chi connectivity index (χ1v) is 15.5. The highest BCUT2D eigenvalue weighted by molar-refractivity contribution is 7.97. The van der Waals surface area contributed by atoms with Crippen LogP contribution < -0.4 is 26.4 Å². The van der Waals surface area contributed by atoms with Crippen LogP contribution in [-0.2, 0) is 25.7 Å². The molecule has 0 aliphatic heterocycles. The molecule has 6 N–H and O–H groups in total. The zero-order chi connectivity index (χ0) is 34.0. The quantitative estimate of drug-likeness (QED) is 0.155. The number of amides is 4. The van der Waals surface area contributed by atoms with Crippen LogP contribution in [0.5, 0.6) is 0 Å². The lowest BCUT2D eigenvalue weighted by molar-refractivity contribution is -0.138. The number of carbonyl (C=O) groups excluding carboxylic acids is 5. The molecular weight excluding hydrogens is 592 g/mol. The van der Waals surface area contributed by atoms with Crippen molar-refractivity contribution in [2.45, 2.75) is 72.4 Å². The highest BCUT2D eigenvalue weighted by Gasteiger charge is 2.20. The van der Waals surface area contributed by atoms with Crippen molar-refractivity contribution < 1.29 is 24.0 Å². The topological polar surface area (TPSA) is 172 Å². The molecule has 0 radical (unpaired) electrons. The van der Waals surface area contributed by atoms with E-state index in [1.165, 1.54) is 19.5 Å². The first kappa shape index (κ1) is 38.7. The molecule has 0 bridgehead atoms. The van der Waals surface area contributed by atoms with E-state index in [2.05, 4.69) is 67.8 Å². The number of ketones is 1. The number of hydrogen-bond acceptors (Lipinski definition) is 8. The van der Waals surface area contributed by atoms with E-state index in [9.17, 15) is 24.0 Å². The van der Waals surface area contributed by atoms with Crippen molar-refractivity contribution in [2.75, 3.05) is 13.1 Å². The minimum atomic E-state index is -0.999. The summed E-state index contributed by atoms with van der Waals surface area (Å²) >= 11 is 1.10. The predicted octanol–water partition coefficient (Wildman–Crippen LogP) is 3.91. The molecule has 0 saturated carbocycles. The maximum Gasteiger partial charge on any atom is 0.289 e. The smallest absolute Gasteiger partial charge is 0.289 e. The Morgan fingerprint density at radius 3 is 2.07 bits per heavy atom. The Hall–Kier alpha value is -4.29. The van der Waals surface area contributed by atoms with Crippen molar-refractivity contribution in [3.05, 3.63) is 71.9 Å². The van der Waals surface area contributed by atoms with Crippen molar-refractivity contribution in [3.63, 3.8) is 0 Å². The number of fused-ring (bicyclic) bond motifs is 1. The van der Waals surface area contributed by atoms with E-state index in [0.29, 0.717) is 21.9 Å². The molecule has 1 aromatic heterocycles. The van der Waals surface area contributed by atoms with Crippen LogP contribution >= 0.6 is 11.9 Å². The summed E-state index contributed by atoms with van der Waals surface area (Å²) < 4.78 is 0. The summed E-state index contributed by atoms with van der Waals surface area (Å²) in [7, 11) is 0. The number of hydrogen-bond donors (Lipinski definition) is 5. The summed E-state index contributed by atoms with van der Waals surface area (Å²) in [6.45, 7) is 13.7. The van der Waals surface area contributed by atoms with Crippen LogP contribution in [0, 0.1) is 5.41 Å². The maximum absolute atomic E-state index is 12.5. The van der Waals surface area contributed by atoms with Gasteiger partial charge in [-0.25, -0.2) is 0 Å². The van der Waals surface area contributed by atoms with Crippen LogP contribution in [-0.4, -0.2) is 53.5 Å². The molecule has 244 valence electrons. The summed E-state index contributed by atoms with van der Waals surface area (Å²) in [4.78, 5) is 66.0. The third-order valence-electron chi connectivity index (χ3n) is 5.26. The van der Waals surface area contributed by atoms with E-state index in [4.69, 9.17) is 5.14 Å². The maximum atomic E-state index is 12.5. The third kappa shape index (κ3) is 15.8. The van der Waals surface area contributed by atoms with Gasteiger partial charge in [-0.1, -0.05) is 78.3 Å². The Kier molecular flexibility index (Phi) is 17.1. The van der Waals surface area contributed by atoms with Crippen LogP contribution in [0.25, 0.3) is 10.9 Å². The average molecular weight is 639 g/mol. The van der Waals surface area contributed by atoms with Crippen LogP contribution in [0.4, 0.5) is 0 Å². The molecule has 12 heteroatoms. The van der Waals surface area contributed by atoms with E-state index in [1.807, 2.05) is 0 Å². The van der Waals surface area contributed by atoms with Gasteiger partial charge in [-0.05, 0) is 54.1 Å². The number of aromatic nitrogens is 1. The van der Waals surface area contributed by atoms with Crippen molar-refractivity contribution in [1.82, 2.24) is 26.3 Å². The third-order valence-corrected chi connectivity index (χ3v) is 5.81.